The molecule has 3 atom stereocenters. The van der Waals surface area contributed by atoms with Crippen LogP contribution in [0.2, 0.25) is 0 Å². The number of ether oxygens (including phenoxy) is 2. The number of rotatable bonds is 6. The molecule has 0 aliphatic carbocycles. The third kappa shape index (κ3) is 4.59. The van der Waals surface area contributed by atoms with E-state index < -0.39 is 5.82 Å². The van der Waals surface area contributed by atoms with Crippen molar-refractivity contribution >= 4 is 17.3 Å². The lowest BCUT2D eigenvalue weighted by Crippen LogP contribution is -2.27. The van der Waals surface area contributed by atoms with E-state index in [0.29, 0.717) is 35.6 Å². The molecule has 2 aliphatic heterocycles. The van der Waals surface area contributed by atoms with Gasteiger partial charge in [-0.1, -0.05) is 19.1 Å². The Kier molecular flexibility index (Phi) is 7.07. The maximum Gasteiger partial charge on any atom is 0.221 e. The molecular formula is C26H32FN3O4. The first-order chi connectivity index (χ1) is 16.4. The summed E-state index contributed by atoms with van der Waals surface area (Å²) in [5, 5.41) is 12.5. The molecule has 34 heavy (non-hydrogen) atoms. The average Bonchev–Trinajstić information content (AvgIpc) is 3.23. The largest absolute Gasteiger partial charge is 0.493 e. The van der Waals surface area contributed by atoms with Crippen LogP contribution in [0.25, 0.3) is 0 Å². The number of nitrogens with zero attached hydrogens (tertiary/aromatic N) is 2. The molecule has 2 N–H and O–H groups in total. The highest BCUT2D eigenvalue weighted by atomic mass is 19.1. The normalized spacial score (nSPS) is 22.0. The Hall–Kier alpha value is -3.13. The third-order valence-electron chi connectivity index (χ3n) is 6.79. The quantitative estimate of drug-likeness (QED) is 0.680. The Morgan fingerprint density at radius 1 is 1.26 bits per heavy atom. The molecule has 0 bridgehead atoms. The predicted molar refractivity (Wildman–Crippen MR) is 130 cm³/mol. The maximum absolute atomic E-state index is 15.6. The second-order valence-electron chi connectivity index (χ2n) is 8.99. The van der Waals surface area contributed by atoms with Crippen LogP contribution in [-0.4, -0.2) is 63.2 Å². The molecule has 1 amide bonds. The second-order valence-corrected chi connectivity index (χ2v) is 8.99. The molecule has 0 aromatic heterocycles. The minimum atomic E-state index is -0.459. The first-order valence-electron chi connectivity index (χ1n) is 11.6. The van der Waals surface area contributed by atoms with Crippen molar-refractivity contribution in [3.8, 4) is 11.5 Å². The van der Waals surface area contributed by atoms with Crippen LogP contribution < -0.4 is 19.7 Å². The number of nitrogens with one attached hydrogen (secondary N) is 1. The van der Waals surface area contributed by atoms with Crippen LogP contribution in [0.4, 0.5) is 10.1 Å². The minimum Gasteiger partial charge on any atom is -0.493 e. The molecule has 4 rings (SSSR count). The van der Waals surface area contributed by atoms with Crippen LogP contribution in [0.5, 0.6) is 11.5 Å². The van der Waals surface area contributed by atoms with E-state index in [9.17, 15) is 9.90 Å². The number of methoxy groups -OCH3 is 2. The molecule has 2 aromatic rings. The molecule has 8 heteroatoms. The van der Waals surface area contributed by atoms with Crippen molar-refractivity contribution in [2.24, 2.45) is 10.9 Å². The zero-order valence-electron chi connectivity index (χ0n) is 20.1. The van der Waals surface area contributed by atoms with Crippen molar-refractivity contribution < 1.29 is 23.8 Å². The summed E-state index contributed by atoms with van der Waals surface area (Å²) >= 11 is 0. The molecule has 1 saturated heterocycles. The molecule has 0 radical (unpaired) electrons. The zero-order chi connectivity index (χ0) is 24.4. The summed E-state index contributed by atoms with van der Waals surface area (Å²) in [7, 11) is 4.50. The molecule has 2 aromatic carbocycles. The van der Waals surface area contributed by atoms with E-state index in [2.05, 4.69) is 10.2 Å². The van der Waals surface area contributed by atoms with Gasteiger partial charge in [-0.15, -0.1) is 0 Å². The first-order valence-corrected chi connectivity index (χ1v) is 11.6. The van der Waals surface area contributed by atoms with Gasteiger partial charge < -0.3 is 24.8 Å². The van der Waals surface area contributed by atoms with Crippen LogP contribution >= 0.6 is 0 Å². The highest BCUT2D eigenvalue weighted by Gasteiger charge is 2.31. The fraction of sp³-hybridized carbons (Fsp3) is 0.462. The zero-order valence-corrected chi connectivity index (χ0v) is 20.1. The van der Waals surface area contributed by atoms with Gasteiger partial charge in [-0.25, -0.2) is 4.39 Å². The minimum absolute atomic E-state index is 0.0634. The molecule has 0 spiro atoms. The van der Waals surface area contributed by atoms with E-state index in [1.807, 2.05) is 31.2 Å². The number of halogens is 1. The van der Waals surface area contributed by atoms with Gasteiger partial charge in [-0.3, -0.25) is 9.79 Å². The van der Waals surface area contributed by atoms with Crippen molar-refractivity contribution in [2.45, 2.75) is 38.3 Å². The summed E-state index contributed by atoms with van der Waals surface area (Å²) in [4.78, 5) is 19.4. The Morgan fingerprint density at radius 2 is 2.00 bits per heavy atom. The van der Waals surface area contributed by atoms with Crippen LogP contribution in [0.3, 0.4) is 0 Å². The summed E-state index contributed by atoms with van der Waals surface area (Å²) in [5.74, 6) is -0.261. The number of hydrogen-bond donors (Lipinski definition) is 2. The summed E-state index contributed by atoms with van der Waals surface area (Å²) in [6.07, 6.45) is 1.08. The van der Waals surface area contributed by atoms with Gasteiger partial charge in [0.2, 0.25) is 5.91 Å². The van der Waals surface area contributed by atoms with Crippen LogP contribution in [0.15, 0.2) is 35.3 Å². The van der Waals surface area contributed by atoms with E-state index in [1.54, 1.807) is 13.1 Å². The number of aliphatic hydroxyl groups is 1. The van der Waals surface area contributed by atoms with Gasteiger partial charge in [0.15, 0.2) is 17.3 Å². The van der Waals surface area contributed by atoms with E-state index >= 15 is 4.39 Å². The monoisotopic (exact) mass is 469 g/mol. The molecular weight excluding hydrogens is 437 g/mol. The van der Waals surface area contributed by atoms with Gasteiger partial charge in [0.1, 0.15) is 0 Å². The number of carbonyl (C=O) groups is 1. The van der Waals surface area contributed by atoms with E-state index in [0.717, 1.165) is 24.2 Å². The number of fused-ring (bicyclic) bond motifs is 1. The molecule has 1 fully saturated rings. The van der Waals surface area contributed by atoms with Crippen LogP contribution in [0.1, 0.15) is 36.5 Å². The fourth-order valence-electron chi connectivity index (χ4n) is 4.80. The Morgan fingerprint density at radius 3 is 2.59 bits per heavy atom. The van der Waals surface area contributed by atoms with E-state index in [4.69, 9.17) is 14.5 Å². The summed E-state index contributed by atoms with van der Waals surface area (Å²) < 4.78 is 26.4. The lowest BCUT2D eigenvalue weighted by molar-refractivity contribution is -0.121. The van der Waals surface area contributed by atoms with Crippen molar-refractivity contribution in [1.29, 1.82) is 0 Å². The highest BCUT2D eigenvalue weighted by molar-refractivity contribution is 6.14. The fourth-order valence-corrected chi connectivity index (χ4v) is 4.80. The van der Waals surface area contributed by atoms with Crippen molar-refractivity contribution in [1.82, 2.24) is 5.32 Å². The highest BCUT2D eigenvalue weighted by Crippen LogP contribution is 2.39. The number of aliphatic imine (C=N–C) groups is 1. The number of hydrogen-bond acceptors (Lipinski definition) is 6. The molecule has 3 unspecified atom stereocenters. The maximum atomic E-state index is 15.6. The topological polar surface area (TPSA) is 83.4 Å². The molecule has 2 heterocycles. The molecule has 0 saturated carbocycles. The number of carbonyl (C=O) groups excluding carboxylic acids is 1. The number of benzene rings is 2. The lowest BCUT2D eigenvalue weighted by atomic mass is 9.89. The van der Waals surface area contributed by atoms with Crippen molar-refractivity contribution in [2.75, 3.05) is 39.3 Å². The van der Waals surface area contributed by atoms with Gasteiger partial charge >= 0.3 is 0 Å². The Labute approximate surface area is 199 Å². The number of amides is 1. The van der Waals surface area contributed by atoms with Gasteiger partial charge in [0, 0.05) is 48.9 Å². The molecule has 182 valence electrons. The SMILES string of the molecule is CNC(=O)CC1N=C(c2ccc(N3CCC(O)C3)cc2)c2cc(OC)c(OC)c(F)c2CC1C. The Balaban J connectivity index is 1.82. The second kappa shape index (κ2) is 10.0. The number of aliphatic hydroxyl groups excluding tert-OH is 1. The van der Waals surface area contributed by atoms with Crippen LogP contribution in [0, 0.1) is 11.7 Å². The summed E-state index contributed by atoms with van der Waals surface area (Å²) in [6, 6.07) is 9.38. The van der Waals surface area contributed by atoms with Gasteiger partial charge in [-0.2, -0.15) is 0 Å². The van der Waals surface area contributed by atoms with E-state index in [-0.39, 0.29) is 36.1 Å². The van der Waals surface area contributed by atoms with Gasteiger partial charge in [-0.05, 0) is 37.0 Å². The van der Waals surface area contributed by atoms with Crippen LogP contribution in [-0.2, 0) is 11.2 Å². The third-order valence-corrected chi connectivity index (χ3v) is 6.79. The number of anilines is 1. The average molecular weight is 470 g/mol. The van der Waals surface area contributed by atoms with E-state index in [1.165, 1.54) is 14.2 Å². The standard InChI is InChI=1S/C26H32FN3O4/c1-15-11-19-20(12-22(33-3)26(34-4)24(19)27)25(29-21(15)13-23(32)28-2)16-5-7-17(8-6-16)30-10-9-18(31)14-30/h5-8,12,15,18,21,31H,9-11,13-14H2,1-4H3,(H,28,32). The van der Waals surface area contributed by atoms with Gasteiger partial charge in [0.05, 0.1) is 32.1 Å². The van der Waals surface area contributed by atoms with Gasteiger partial charge in [0.25, 0.3) is 0 Å². The predicted octanol–water partition coefficient (Wildman–Crippen LogP) is 2.95. The smallest absolute Gasteiger partial charge is 0.221 e. The van der Waals surface area contributed by atoms with Crippen molar-refractivity contribution in [3.63, 3.8) is 0 Å². The molecule has 7 nitrogen and oxygen atoms in total. The summed E-state index contributed by atoms with van der Waals surface area (Å²) in [5.41, 5.74) is 3.62. The summed E-state index contributed by atoms with van der Waals surface area (Å²) in [6.45, 7) is 3.40. The number of β-amino-alcohol motifs (C(OH)–C–C–N with tert-alkyl or cyclic N) is 1. The Bertz CT molecular complexity index is 1090. The first kappa shape index (κ1) is 24.0. The molecule has 2 aliphatic rings. The lowest BCUT2D eigenvalue weighted by Gasteiger charge is -2.19. The van der Waals surface area contributed by atoms with Crippen molar-refractivity contribution in [3.05, 3.63) is 52.8 Å².